The van der Waals surface area contributed by atoms with Gasteiger partial charge >= 0.3 is 0 Å². The van der Waals surface area contributed by atoms with Crippen LogP contribution in [-0.2, 0) is 4.74 Å². The Labute approximate surface area is 118 Å². The van der Waals surface area contributed by atoms with Gasteiger partial charge < -0.3 is 15.4 Å². The normalized spacial score (nSPS) is 26.8. The van der Waals surface area contributed by atoms with E-state index in [1.165, 1.54) is 0 Å². The molecule has 0 spiro atoms. The third kappa shape index (κ3) is 2.28. The lowest BCUT2D eigenvalue weighted by atomic mass is 9.94. The van der Waals surface area contributed by atoms with Gasteiger partial charge in [-0.25, -0.2) is 0 Å². The Bertz CT molecular complexity index is 523. The van der Waals surface area contributed by atoms with Gasteiger partial charge in [0.25, 0.3) is 5.91 Å². The standard InChI is InChI=1S/C14H22N4O2/c1-14(20-2)6-3-7-18(8-14)13(19)12-10(15)11(16-17-12)9-4-5-9/h9H,3-8,15H2,1-2H3,(H,16,17). The second-order valence-corrected chi connectivity index (χ2v) is 6.16. The molecule has 2 heterocycles. The van der Waals surface area contributed by atoms with Crippen molar-refractivity contribution in [2.45, 2.75) is 44.1 Å². The molecule has 0 aromatic carbocycles. The van der Waals surface area contributed by atoms with Crippen LogP contribution in [0.25, 0.3) is 0 Å². The van der Waals surface area contributed by atoms with Crippen LogP contribution in [0, 0.1) is 0 Å². The summed E-state index contributed by atoms with van der Waals surface area (Å²) in [4.78, 5) is 14.4. The number of nitrogens with two attached hydrogens (primary N) is 1. The Morgan fingerprint density at radius 3 is 2.95 bits per heavy atom. The summed E-state index contributed by atoms with van der Waals surface area (Å²) in [6.07, 6.45) is 4.17. The zero-order valence-electron chi connectivity index (χ0n) is 12.1. The number of likely N-dealkylation sites (tertiary alicyclic amines) is 1. The van der Waals surface area contributed by atoms with Gasteiger partial charge in [0.1, 0.15) is 0 Å². The molecule has 110 valence electrons. The number of nitrogens with zero attached hydrogens (tertiary/aromatic N) is 2. The molecule has 2 aliphatic rings. The quantitative estimate of drug-likeness (QED) is 0.877. The number of H-pyrrole nitrogens is 1. The average Bonchev–Trinajstić information content (AvgIpc) is 3.21. The fourth-order valence-electron chi connectivity index (χ4n) is 2.91. The molecule has 6 nitrogen and oxygen atoms in total. The molecule has 1 aliphatic carbocycles. The molecule has 2 fully saturated rings. The van der Waals surface area contributed by atoms with E-state index >= 15 is 0 Å². The average molecular weight is 278 g/mol. The Morgan fingerprint density at radius 2 is 2.30 bits per heavy atom. The monoisotopic (exact) mass is 278 g/mol. The van der Waals surface area contributed by atoms with Crippen LogP contribution in [0.1, 0.15) is 54.7 Å². The number of aromatic amines is 1. The van der Waals surface area contributed by atoms with E-state index in [0.717, 1.165) is 37.9 Å². The van der Waals surface area contributed by atoms with E-state index in [1.807, 2.05) is 6.92 Å². The zero-order chi connectivity index (χ0) is 14.3. The third-order valence-corrected chi connectivity index (χ3v) is 4.46. The van der Waals surface area contributed by atoms with Gasteiger partial charge in [-0.3, -0.25) is 9.89 Å². The first-order valence-electron chi connectivity index (χ1n) is 7.22. The smallest absolute Gasteiger partial charge is 0.276 e. The lowest BCUT2D eigenvalue weighted by Crippen LogP contribution is -2.49. The number of piperidine rings is 1. The minimum Gasteiger partial charge on any atom is -0.395 e. The largest absolute Gasteiger partial charge is 0.395 e. The summed E-state index contributed by atoms with van der Waals surface area (Å²) in [7, 11) is 1.70. The molecule has 0 bridgehead atoms. The summed E-state index contributed by atoms with van der Waals surface area (Å²) >= 11 is 0. The minimum absolute atomic E-state index is 0.0892. The highest BCUT2D eigenvalue weighted by atomic mass is 16.5. The number of carbonyl (C=O) groups is 1. The molecule has 1 aromatic rings. The number of carbonyl (C=O) groups excluding carboxylic acids is 1. The van der Waals surface area contributed by atoms with Crippen molar-refractivity contribution in [2.75, 3.05) is 25.9 Å². The number of nitrogens with one attached hydrogen (secondary N) is 1. The maximum Gasteiger partial charge on any atom is 0.276 e. The van der Waals surface area contributed by atoms with E-state index < -0.39 is 0 Å². The van der Waals surface area contributed by atoms with Gasteiger partial charge in [0.2, 0.25) is 0 Å². The van der Waals surface area contributed by atoms with Gasteiger partial charge in [0.15, 0.2) is 5.69 Å². The molecule has 1 aliphatic heterocycles. The van der Waals surface area contributed by atoms with E-state index in [2.05, 4.69) is 10.2 Å². The number of anilines is 1. The van der Waals surface area contributed by atoms with Crippen LogP contribution < -0.4 is 5.73 Å². The van der Waals surface area contributed by atoms with Gasteiger partial charge in [0.05, 0.1) is 17.0 Å². The number of methoxy groups -OCH3 is 1. The van der Waals surface area contributed by atoms with Crippen LogP contribution in [0.5, 0.6) is 0 Å². The Hall–Kier alpha value is -1.56. The summed E-state index contributed by atoms with van der Waals surface area (Å²) < 4.78 is 5.53. The summed E-state index contributed by atoms with van der Waals surface area (Å²) in [5.41, 5.74) is 7.64. The SMILES string of the molecule is COC1(C)CCCN(C(=O)c2n[nH]c(C3CC3)c2N)C1. The summed E-state index contributed by atoms with van der Waals surface area (Å²) in [6, 6.07) is 0. The van der Waals surface area contributed by atoms with E-state index in [4.69, 9.17) is 10.5 Å². The molecule has 1 amide bonds. The van der Waals surface area contributed by atoms with Crippen molar-refractivity contribution >= 4 is 11.6 Å². The first-order chi connectivity index (χ1) is 9.54. The first-order valence-corrected chi connectivity index (χ1v) is 7.22. The molecule has 3 rings (SSSR count). The molecule has 1 saturated carbocycles. The van der Waals surface area contributed by atoms with Crippen LogP contribution in [0.4, 0.5) is 5.69 Å². The molecule has 20 heavy (non-hydrogen) atoms. The molecule has 6 heteroatoms. The van der Waals surface area contributed by atoms with E-state index in [0.29, 0.717) is 23.8 Å². The van der Waals surface area contributed by atoms with Crippen LogP contribution in [0.15, 0.2) is 0 Å². The molecule has 1 saturated heterocycles. The van der Waals surface area contributed by atoms with Gasteiger partial charge in [-0.15, -0.1) is 0 Å². The predicted molar refractivity (Wildman–Crippen MR) is 75.5 cm³/mol. The number of nitrogen functional groups attached to an aromatic ring is 1. The predicted octanol–water partition coefficient (Wildman–Crippen LogP) is 1.51. The van der Waals surface area contributed by atoms with Crippen molar-refractivity contribution < 1.29 is 9.53 Å². The molecule has 1 unspecified atom stereocenters. The van der Waals surface area contributed by atoms with Gasteiger partial charge in [-0.2, -0.15) is 5.10 Å². The molecule has 0 radical (unpaired) electrons. The topological polar surface area (TPSA) is 84.2 Å². The number of hydrogen-bond donors (Lipinski definition) is 2. The number of ether oxygens (including phenoxy) is 1. The molecular weight excluding hydrogens is 256 g/mol. The number of amides is 1. The van der Waals surface area contributed by atoms with Crippen LogP contribution >= 0.6 is 0 Å². The summed E-state index contributed by atoms with van der Waals surface area (Å²) in [5, 5.41) is 7.08. The number of aromatic nitrogens is 2. The van der Waals surface area contributed by atoms with E-state index in [-0.39, 0.29) is 11.5 Å². The minimum atomic E-state index is -0.266. The summed E-state index contributed by atoms with van der Waals surface area (Å²) in [5.74, 6) is 0.378. The highest BCUT2D eigenvalue weighted by Crippen LogP contribution is 2.42. The molecular formula is C14H22N4O2. The van der Waals surface area contributed by atoms with Crippen molar-refractivity contribution in [2.24, 2.45) is 0 Å². The highest BCUT2D eigenvalue weighted by Gasteiger charge is 2.36. The third-order valence-electron chi connectivity index (χ3n) is 4.46. The fourth-order valence-corrected chi connectivity index (χ4v) is 2.91. The second-order valence-electron chi connectivity index (χ2n) is 6.16. The van der Waals surface area contributed by atoms with Crippen LogP contribution in [0.3, 0.4) is 0 Å². The van der Waals surface area contributed by atoms with Gasteiger partial charge in [-0.1, -0.05) is 0 Å². The first kappa shape index (κ1) is 13.4. The van der Waals surface area contributed by atoms with Crippen molar-refractivity contribution in [3.63, 3.8) is 0 Å². The maximum absolute atomic E-state index is 12.6. The fraction of sp³-hybridized carbons (Fsp3) is 0.714. The lowest BCUT2D eigenvalue weighted by molar-refractivity contribution is -0.0441. The highest BCUT2D eigenvalue weighted by molar-refractivity contribution is 5.97. The van der Waals surface area contributed by atoms with Gasteiger partial charge in [0, 0.05) is 26.1 Å². The maximum atomic E-state index is 12.6. The van der Waals surface area contributed by atoms with Crippen LogP contribution in [0.2, 0.25) is 0 Å². The molecule has 1 atom stereocenters. The van der Waals surface area contributed by atoms with Crippen molar-refractivity contribution in [3.8, 4) is 0 Å². The lowest BCUT2D eigenvalue weighted by Gasteiger charge is -2.39. The van der Waals surface area contributed by atoms with Crippen molar-refractivity contribution in [1.29, 1.82) is 0 Å². The number of rotatable bonds is 3. The zero-order valence-corrected chi connectivity index (χ0v) is 12.1. The second kappa shape index (κ2) is 4.77. The van der Waals surface area contributed by atoms with E-state index in [9.17, 15) is 4.79 Å². The Balaban J connectivity index is 1.78. The summed E-state index contributed by atoms with van der Waals surface area (Å²) in [6.45, 7) is 3.37. The van der Waals surface area contributed by atoms with E-state index in [1.54, 1.807) is 12.0 Å². The Morgan fingerprint density at radius 1 is 1.55 bits per heavy atom. The molecule has 3 N–H and O–H groups in total. The number of hydrogen-bond acceptors (Lipinski definition) is 4. The van der Waals surface area contributed by atoms with Crippen molar-refractivity contribution in [3.05, 3.63) is 11.4 Å². The van der Waals surface area contributed by atoms with Gasteiger partial charge in [-0.05, 0) is 32.6 Å². The van der Waals surface area contributed by atoms with Crippen LogP contribution in [-0.4, -0.2) is 46.8 Å². The van der Waals surface area contributed by atoms with Crippen molar-refractivity contribution in [1.82, 2.24) is 15.1 Å². The molecule has 1 aromatic heterocycles. The Kier molecular flexibility index (Phi) is 3.20.